The zero-order chi connectivity index (χ0) is 23.5. The van der Waals surface area contributed by atoms with Crippen molar-refractivity contribution < 1.29 is 9.53 Å². The van der Waals surface area contributed by atoms with E-state index in [9.17, 15) is 9.59 Å². The van der Waals surface area contributed by atoms with Crippen molar-refractivity contribution >= 4 is 27.7 Å². The SMILES string of the molecule is Cc1ccc(C(CN2CCOCC2)NC(=O)Cn2c3ccccc3c(=O)c3ccccc32)cc1. The summed E-state index contributed by atoms with van der Waals surface area (Å²) in [7, 11) is 0. The van der Waals surface area contributed by atoms with E-state index in [1.807, 2.05) is 53.1 Å². The molecule has 3 aromatic carbocycles. The number of aryl methyl sites for hydroxylation is 1. The Hall–Kier alpha value is -3.48. The van der Waals surface area contributed by atoms with Crippen LogP contribution in [-0.2, 0) is 16.1 Å². The topological polar surface area (TPSA) is 63.6 Å². The summed E-state index contributed by atoms with van der Waals surface area (Å²) in [5.74, 6) is -0.0854. The lowest BCUT2D eigenvalue weighted by Crippen LogP contribution is -2.43. The maximum atomic E-state index is 13.4. The Balaban J connectivity index is 1.46. The molecule has 0 bridgehead atoms. The number of hydrogen-bond donors (Lipinski definition) is 1. The predicted octanol–water partition coefficient (Wildman–Crippen LogP) is 3.65. The number of benzene rings is 3. The molecule has 174 valence electrons. The second-order valence-electron chi connectivity index (χ2n) is 8.89. The molecule has 5 rings (SSSR count). The van der Waals surface area contributed by atoms with E-state index in [1.54, 1.807) is 0 Å². The number of nitrogens with zero attached hydrogens (tertiary/aromatic N) is 2. The molecule has 1 N–H and O–H groups in total. The smallest absolute Gasteiger partial charge is 0.240 e. The van der Waals surface area contributed by atoms with Crippen molar-refractivity contribution in [2.24, 2.45) is 0 Å². The van der Waals surface area contributed by atoms with Gasteiger partial charge in [0.05, 0.1) is 30.3 Å². The van der Waals surface area contributed by atoms with Gasteiger partial charge < -0.3 is 14.6 Å². The van der Waals surface area contributed by atoms with Crippen LogP contribution < -0.4 is 10.7 Å². The molecule has 0 radical (unpaired) electrons. The first-order valence-corrected chi connectivity index (χ1v) is 11.8. The number of pyridine rings is 1. The largest absolute Gasteiger partial charge is 0.379 e. The Morgan fingerprint density at radius 1 is 0.912 bits per heavy atom. The molecule has 1 aliphatic rings. The van der Waals surface area contributed by atoms with Crippen LogP contribution in [0, 0.1) is 6.92 Å². The summed E-state index contributed by atoms with van der Waals surface area (Å²) in [5, 5.41) is 4.52. The maximum absolute atomic E-state index is 13.4. The van der Waals surface area contributed by atoms with Crippen molar-refractivity contribution in [3.63, 3.8) is 0 Å². The number of morpholine rings is 1. The molecule has 2 heterocycles. The quantitative estimate of drug-likeness (QED) is 0.451. The molecule has 4 aromatic rings. The van der Waals surface area contributed by atoms with Crippen LogP contribution in [0.5, 0.6) is 0 Å². The van der Waals surface area contributed by atoms with E-state index in [0.717, 1.165) is 36.2 Å². The minimum absolute atomic E-state index is 0.00675. The molecule has 0 spiro atoms. The molecule has 1 fully saturated rings. The third-order valence-corrected chi connectivity index (χ3v) is 6.54. The molecule has 1 atom stereocenters. The summed E-state index contributed by atoms with van der Waals surface area (Å²) < 4.78 is 7.44. The molecule has 0 aliphatic carbocycles. The van der Waals surface area contributed by atoms with Gasteiger partial charge in [0.1, 0.15) is 6.54 Å². The maximum Gasteiger partial charge on any atom is 0.240 e. The Labute approximate surface area is 198 Å². The normalized spacial score (nSPS) is 15.4. The highest BCUT2D eigenvalue weighted by Gasteiger charge is 2.21. The zero-order valence-electron chi connectivity index (χ0n) is 19.4. The van der Waals surface area contributed by atoms with E-state index in [-0.39, 0.29) is 23.9 Å². The summed E-state index contributed by atoms with van der Waals surface area (Å²) in [6.45, 7) is 6.05. The summed E-state index contributed by atoms with van der Waals surface area (Å²) >= 11 is 0. The van der Waals surface area contributed by atoms with Crippen molar-refractivity contribution in [3.05, 3.63) is 94.1 Å². The molecule has 6 nitrogen and oxygen atoms in total. The van der Waals surface area contributed by atoms with Gasteiger partial charge in [-0.05, 0) is 36.8 Å². The fraction of sp³-hybridized carbons (Fsp3) is 0.286. The number of carbonyl (C=O) groups is 1. The van der Waals surface area contributed by atoms with Gasteiger partial charge in [0.2, 0.25) is 5.91 Å². The monoisotopic (exact) mass is 455 g/mol. The van der Waals surface area contributed by atoms with E-state index >= 15 is 0 Å². The van der Waals surface area contributed by atoms with Crippen molar-refractivity contribution in [2.75, 3.05) is 32.8 Å². The van der Waals surface area contributed by atoms with Gasteiger partial charge in [0, 0.05) is 30.4 Å². The first kappa shape index (κ1) is 22.3. The van der Waals surface area contributed by atoms with Crippen molar-refractivity contribution in [1.29, 1.82) is 0 Å². The number of para-hydroxylation sites is 2. The summed E-state index contributed by atoms with van der Waals surface area (Å²) in [6.07, 6.45) is 0. The summed E-state index contributed by atoms with van der Waals surface area (Å²) in [4.78, 5) is 28.8. The number of hydrogen-bond acceptors (Lipinski definition) is 4. The van der Waals surface area contributed by atoms with Crippen LogP contribution in [0.15, 0.2) is 77.6 Å². The first-order valence-electron chi connectivity index (χ1n) is 11.8. The Morgan fingerprint density at radius 2 is 1.50 bits per heavy atom. The number of fused-ring (bicyclic) bond motifs is 2. The molecule has 1 saturated heterocycles. The summed E-state index contributed by atoms with van der Waals surface area (Å²) in [6, 6.07) is 23.2. The molecule has 1 aromatic heterocycles. The van der Waals surface area contributed by atoms with Crippen LogP contribution >= 0.6 is 0 Å². The Bertz CT molecular complexity index is 1310. The lowest BCUT2D eigenvalue weighted by atomic mass is 10.0. The van der Waals surface area contributed by atoms with E-state index < -0.39 is 0 Å². The number of carbonyl (C=O) groups excluding carboxylic acids is 1. The molecular formula is C28H29N3O3. The van der Waals surface area contributed by atoms with Crippen molar-refractivity contribution in [1.82, 2.24) is 14.8 Å². The van der Waals surface area contributed by atoms with Crippen LogP contribution in [-0.4, -0.2) is 48.2 Å². The lowest BCUT2D eigenvalue weighted by molar-refractivity contribution is -0.122. The molecule has 0 saturated carbocycles. The summed E-state index contributed by atoms with van der Waals surface area (Å²) in [5.41, 5.74) is 3.79. The molecule has 1 unspecified atom stereocenters. The Kier molecular flexibility index (Phi) is 6.43. The van der Waals surface area contributed by atoms with E-state index in [0.29, 0.717) is 24.0 Å². The third kappa shape index (κ3) is 4.60. The van der Waals surface area contributed by atoms with Gasteiger partial charge in [-0.1, -0.05) is 54.1 Å². The molecule has 34 heavy (non-hydrogen) atoms. The van der Waals surface area contributed by atoms with E-state index in [4.69, 9.17) is 4.74 Å². The number of aromatic nitrogens is 1. The van der Waals surface area contributed by atoms with Gasteiger partial charge in [-0.25, -0.2) is 0 Å². The minimum Gasteiger partial charge on any atom is -0.379 e. The minimum atomic E-state index is -0.136. The number of ether oxygens (including phenoxy) is 1. The number of rotatable bonds is 6. The molecule has 6 heteroatoms. The lowest BCUT2D eigenvalue weighted by Gasteiger charge is -2.31. The average Bonchev–Trinajstić information content (AvgIpc) is 2.87. The van der Waals surface area contributed by atoms with Gasteiger partial charge in [-0.15, -0.1) is 0 Å². The van der Waals surface area contributed by atoms with Crippen LogP contribution in [0.25, 0.3) is 21.8 Å². The second-order valence-corrected chi connectivity index (χ2v) is 8.89. The van der Waals surface area contributed by atoms with Crippen LogP contribution in [0.3, 0.4) is 0 Å². The highest BCUT2D eigenvalue weighted by molar-refractivity contribution is 5.94. The van der Waals surface area contributed by atoms with Crippen molar-refractivity contribution in [2.45, 2.75) is 19.5 Å². The Morgan fingerprint density at radius 3 is 2.12 bits per heavy atom. The van der Waals surface area contributed by atoms with E-state index in [1.165, 1.54) is 5.56 Å². The van der Waals surface area contributed by atoms with Gasteiger partial charge >= 0.3 is 0 Å². The predicted molar refractivity (Wildman–Crippen MR) is 135 cm³/mol. The highest BCUT2D eigenvalue weighted by atomic mass is 16.5. The molecule has 1 amide bonds. The zero-order valence-corrected chi connectivity index (χ0v) is 19.4. The molecule has 1 aliphatic heterocycles. The van der Waals surface area contributed by atoms with Gasteiger partial charge in [-0.3, -0.25) is 14.5 Å². The average molecular weight is 456 g/mol. The third-order valence-electron chi connectivity index (χ3n) is 6.54. The fourth-order valence-electron chi connectivity index (χ4n) is 4.71. The number of nitrogens with one attached hydrogen (secondary N) is 1. The fourth-order valence-corrected chi connectivity index (χ4v) is 4.71. The van der Waals surface area contributed by atoms with Crippen LogP contribution in [0.1, 0.15) is 17.2 Å². The van der Waals surface area contributed by atoms with E-state index in [2.05, 4.69) is 41.4 Å². The van der Waals surface area contributed by atoms with Gasteiger partial charge in [0.15, 0.2) is 5.43 Å². The number of amides is 1. The molecular weight excluding hydrogens is 426 g/mol. The standard InChI is InChI=1S/C28H29N3O3/c1-20-10-12-21(13-11-20)24(18-30-14-16-34-17-15-30)29-27(32)19-31-25-8-4-2-6-22(25)28(33)23-7-3-5-9-26(23)31/h2-13,24H,14-19H2,1H3,(H,29,32). The van der Waals surface area contributed by atoms with Crippen molar-refractivity contribution in [3.8, 4) is 0 Å². The van der Waals surface area contributed by atoms with Crippen LogP contribution in [0.4, 0.5) is 0 Å². The second kappa shape index (κ2) is 9.79. The first-order chi connectivity index (χ1) is 16.6. The van der Waals surface area contributed by atoms with Gasteiger partial charge in [-0.2, -0.15) is 0 Å². The van der Waals surface area contributed by atoms with Crippen LogP contribution in [0.2, 0.25) is 0 Å². The highest BCUT2D eigenvalue weighted by Crippen LogP contribution is 2.20. The van der Waals surface area contributed by atoms with Gasteiger partial charge in [0.25, 0.3) is 0 Å².